The predicted octanol–water partition coefficient (Wildman–Crippen LogP) is 1.19. The second-order valence-corrected chi connectivity index (χ2v) is 2.33. The highest BCUT2D eigenvalue weighted by atomic mass is 16.6. The smallest absolute Gasteiger partial charge is 0.423 e. The highest BCUT2D eigenvalue weighted by Crippen LogP contribution is 2.21. The first-order valence-corrected chi connectivity index (χ1v) is 3.59. The summed E-state index contributed by atoms with van der Waals surface area (Å²) in [7, 11) is 0. The Balaban J connectivity index is 2.84. The third kappa shape index (κ3) is 2.34. The van der Waals surface area contributed by atoms with Gasteiger partial charge in [0.2, 0.25) is 0 Å². The average molecular weight is 197 g/mol. The van der Waals surface area contributed by atoms with Gasteiger partial charge in [-0.3, -0.25) is 15.5 Å². The zero-order valence-corrected chi connectivity index (χ0v) is 6.93. The van der Waals surface area contributed by atoms with Crippen LogP contribution in [0.3, 0.4) is 0 Å². The van der Waals surface area contributed by atoms with Crippen LogP contribution in [-0.4, -0.2) is 16.1 Å². The van der Waals surface area contributed by atoms with Crippen LogP contribution in [0, 0.1) is 10.1 Å². The van der Waals surface area contributed by atoms with Crippen molar-refractivity contribution in [3.63, 3.8) is 0 Å². The van der Waals surface area contributed by atoms with Crippen LogP contribution in [0.15, 0.2) is 24.3 Å². The van der Waals surface area contributed by atoms with Crippen molar-refractivity contribution >= 4 is 17.5 Å². The molecule has 0 fully saturated rings. The lowest BCUT2D eigenvalue weighted by Gasteiger charge is -2.04. The number of nitro groups is 1. The molecule has 1 rings (SSSR count). The Labute approximate surface area is 78.5 Å². The Morgan fingerprint density at radius 2 is 2.07 bits per heavy atom. The summed E-state index contributed by atoms with van der Waals surface area (Å²) in [6.07, 6.45) is -1.32. The number of nitrogens with one attached hydrogen (secondary N) is 2. The summed E-state index contributed by atoms with van der Waals surface area (Å²) in [5, 5.41) is 18.7. The van der Waals surface area contributed by atoms with E-state index in [-0.39, 0.29) is 11.4 Å². The Morgan fingerprint density at radius 1 is 1.43 bits per heavy atom. The molecule has 0 spiro atoms. The molecule has 3 N–H and O–H groups in total. The molecule has 0 radical (unpaired) electrons. The maximum Gasteiger partial charge on any atom is 0.423 e. The zero-order valence-electron chi connectivity index (χ0n) is 6.93. The van der Waals surface area contributed by atoms with E-state index in [4.69, 9.17) is 5.11 Å². The molecular formula is C7H7N3O4. The molecule has 0 saturated heterocycles. The molecule has 1 amide bonds. The van der Waals surface area contributed by atoms with Gasteiger partial charge >= 0.3 is 6.09 Å². The summed E-state index contributed by atoms with van der Waals surface area (Å²) >= 11 is 0. The van der Waals surface area contributed by atoms with Gasteiger partial charge in [-0.05, 0) is 6.07 Å². The lowest BCUT2D eigenvalue weighted by atomic mass is 10.3. The second-order valence-electron chi connectivity index (χ2n) is 2.33. The Bertz CT molecular complexity index is 366. The minimum atomic E-state index is -1.32. The van der Waals surface area contributed by atoms with Crippen LogP contribution >= 0.6 is 0 Å². The molecule has 0 saturated carbocycles. The summed E-state index contributed by atoms with van der Waals surface area (Å²) in [6, 6.07) is 5.71. The van der Waals surface area contributed by atoms with Crippen molar-refractivity contribution < 1.29 is 14.8 Å². The minimum Gasteiger partial charge on any atom is -0.464 e. The Hall–Kier alpha value is -2.31. The van der Waals surface area contributed by atoms with E-state index in [9.17, 15) is 14.9 Å². The number of carbonyl (C=O) groups is 1. The molecule has 0 aliphatic heterocycles. The number of benzene rings is 1. The van der Waals surface area contributed by atoms with Crippen LogP contribution in [0.1, 0.15) is 0 Å². The topological polar surface area (TPSA) is 104 Å². The first kappa shape index (κ1) is 9.78. The summed E-state index contributed by atoms with van der Waals surface area (Å²) < 4.78 is 0. The summed E-state index contributed by atoms with van der Waals surface area (Å²) in [4.78, 5) is 20.0. The lowest BCUT2D eigenvalue weighted by Crippen LogP contribution is -2.27. The number of amides is 1. The van der Waals surface area contributed by atoms with Crippen molar-refractivity contribution in [3.05, 3.63) is 34.4 Å². The van der Waals surface area contributed by atoms with Crippen LogP contribution in [0.25, 0.3) is 0 Å². The minimum absolute atomic E-state index is 0.0971. The summed E-state index contributed by atoms with van der Waals surface area (Å²) in [6.45, 7) is 0. The first-order valence-electron chi connectivity index (χ1n) is 3.59. The molecule has 0 bridgehead atoms. The molecule has 0 aromatic heterocycles. The first-order chi connectivity index (χ1) is 6.61. The van der Waals surface area contributed by atoms with Crippen LogP contribution in [-0.2, 0) is 0 Å². The molecule has 14 heavy (non-hydrogen) atoms. The van der Waals surface area contributed by atoms with Gasteiger partial charge < -0.3 is 5.11 Å². The number of para-hydroxylation sites is 2. The fourth-order valence-corrected chi connectivity index (χ4v) is 0.859. The van der Waals surface area contributed by atoms with Gasteiger partial charge in [-0.2, -0.15) is 0 Å². The molecule has 7 heteroatoms. The van der Waals surface area contributed by atoms with Gasteiger partial charge in [0.15, 0.2) is 0 Å². The lowest BCUT2D eigenvalue weighted by molar-refractivity contribution is -0.384. The fraction of sp³-hybridized carbons (Fsp3) is 0. The van der Waals surface area contributed by atoms with E-state index in [0.717, 1.165) is 0 Å². The van der Waals surface area contributed by atoms with Gasteiger partial charge in [0.25, 0.3) is 5.69 Å². The molecule has 0 aliphatic carbocycles. The number of hydrogen-bond acceptors (Lipinski definition) is 4. The standard InChI is InChI=1S/C7H7N3O4/c11-7(12)9-8-5-3-1-2-4-6(5)10(13)14/h1-4,8-9H,(H,11,12). The molecule has 0 heterocycles. The van der Waals surface area contributed by atoms with Gasteiger partial charge in [0.1, 0.15) is 5.69 Å². The molecular weight excluding hydrogens is 190 g/mol. The molecule has 74 valence electrons. The van der Waals surface area contributed by atoms with Crippen molar-refractivity contribution in [3.8, 4) is 0 Å². The maximum atomic E-state index is 10.5. The van der Waals surface area contributed by atoms with Crippen molar-refractivity contribution in [2.75, 3.05) is 5.43 Å². The number of nitro benzene ring substituents is 1. The number of nitrogens with zero attached hydrogens (tertiary/aromatic N) is 1. The van der Waals surface area contributed by atoms with E-state index in [1.165, 1.54) is 18.2 Å². The number of anilines is 1. The van der Waals surface area contributed by atoms with Gasteiger partial charge in [-0.15, -0.1) is 0 Å². The molecule has 1 aromatic rings. The quantitative estimate of drug-likeness (QED) is 0.498. The summed E-state index contributed by atoms with van der Waals surface area (Å²) in [5.41, 5.74) is 3.93. The monoisotopic (exact) mass is 197 g/mol. The van der Waals surface area contributed by atoms with E-state index in [1.807, 2.05) is 5.43 Å². The normalized spacial score (nSPS) is 9.14. The van der Waals surface area contributed by atoms with Crippen LogP contribution in [0.2, 0.25) is 0 Å². The van der Waals surface area contributed by atoms with E-state index in [2.05, 4.69) is 5.43 Å². The summed E-state index contributed by atoms with van der Waals surface area (Å²) in [5.74, 6) is 0. The number of rotatable bonds is 3. The van der Waals surface area contributed by atoms with Crippen molar-refractivity contribution in [1.29, 1.82) is 0 Å². The van der Waals surface area contributed by atoms with Crippen LogP contribution < -0.4 is 10.9 Å². The van der Waals surface area contributed by atoms with Crippen LogP contribution in [0.5, 0.6) is 0 Å². The van der Waals surface area contributed by atoms with Crippen molar-refractivity contribution in [2.45, 2.75) is 0 Å². The second kappa shape index (κ2) is 4.08. The number of carboxylic acid groups (broad SMARTS) is 1. The highest BCUT2D eigenvalue weighted by Gasteiger charge is 2.11. The third-order valence-corrected chi connectivity index (χ3v) is 1.40. The molecule has 7 nitrogen and oxygen atoms in total. The van der Waals surface area contributed by atoms with Gasteiger partial charge in [-0.25, -0.2) is 10.2 Å². The van der Waals surface area contributed by atoms with Gasteiger partial charge in [0, 0.05) is 6.07 Å². The van der Waals surface area contributed by atoms with Gasteiger partial charge in [-0.1, -0.05) is 12.1 Å². The largest absolute Gasteiger partial charge is 0.464 e. The third-order valence-electron chi connectivity index (χ3n) is 1.40. The van der Waals surface area contributed by atoms with Gasteiger partial charge in [0.05, 0.1) is 4.92 Å². The molecule has 0 atom stereocenters. The SMILES string of the molecule is O=C(O)NNc1ccccc1[N+](=O)[O-]. The predicted molar refractivity (Wildman–Crippen MR) is 47.9 cm³/mol. The Morgan fingerprint density at radius 3 is 2.64 bits per heavy atom. The van der Waals surface area contributed by atoms with Crippen LogP contribution in [0.4, 0.5) is 16.2 Å². The zero-order chi connectivity index (χ0) is 10.6. The average Bonchev–Trinajstić information content (AvgIpc) is 2.15. The molecule has 0 unspecified atom stereocenters. The van der Waals surface area contributed by atoms with E-state index in [0.29, 0.717) is 0 Å². The molecule has 1 aromatic carbocycles. The highest BCUT2D eigenvalue weighted by molar-refractivity contribution is 5.69. The van der Waals surface area contributed by atoms with E-state index in [1.54, 1.807) is 6.07 Å². The number of hydrogen-bond donors (Lipinski definition) is 3. The Kier molecular flexibility index (Phi) is 2.85. The van der Waals surface area contributed by atoms with Crippen molar-refractivity contribution in [2.24, 2.45) is 0 Å². The van der Waals surface area contributed by atoms with Crippen molar-refractivity contribution in [1.82, 2.24) is 5.43 Å². The molecule has 0 aliphatic rings. The van der Waals surface area contributed by atoms with E-state index >= 15 is 0 Å². The fourth-order valence-electron chi connectivity index (χ4n) is 0.859. The number of hydrazine groups is 1. The van der Waals surface area contributed by atoms with E-state index < -0.39 is 11.0 Å². The maximum absolute atomic E-state index is 10.5.